The molecule has 4 nitrogen and oxygen atoms in total. The summed E-state index contributed by atoms with van der Waals surface area (Å²) in [5.74, 6) is 0.803. The molecular formula is C22H25BrN4. The number of hydrogen-bond acceptors (Lipinski definition) is 4. The van der Waals surface area contributed by atoms with Crippen molar-refractivity contribution < 1.29 is 0 Å². The van der Waals surface area contributed by atoms with Crippen LogP contribution in [0.5, 0.6) is 0 Å². The highest BCUT2D eigenvalue weighted by molar-refractivity contribution is 9.10. The number of allylic oxidation sites excluding steroid dienone is 4. The fraction of sp³-hybridized carbons (Fsp3) is 0.182. The Morgan fingerprint density at radius 2 is 2.11 bits per heavy atom. The number of nitrogens with zero attached hydrogens (tertiary/aromatic N) is 4. The Morgan fingerprint density at radius 1 is 1.37 bits per heavy atom. The lowest BCUT2D eigenvalue weighted by molar-refractivity contribution is 0.528. The van der Waals surface area contributed by atoms with E-state index < -0.39 is 0 Å². The monoisotopic (exact) mass is 424 g/mol. The molecular weight excluding hydrogens is 400 g/mol. The normalized spacial score (nSPS) is 16.4. The van der Waals surface area contributed by atoms with Crippen LogP contribution in [0.2, 0.25) is 0 Å². The molecule has 0 unspecified atom stereocenters. The van der Waals surface area contributed by atoms with Gasteiger partial charge in [-0.2, -0.15) is 0 Å². The topological polar surface area (TPSA) is 31.2 Å². The summed E-state index contributed by atoms with van der Waals surface area (Å²) in [5, 5.41) is 0. The molecule has 0 bridgehead atoms. The Morgan fingerprint density at radius 3 is 2.70 bits per heavy atom. The van der Waals surface area contributed by atoms with Crippen LogP contribution in [-0.4, -0.2) is 43.4 Å². The van der Waals surface area contributed by atoms with Gasteiger partial charge in [-0.1, -0.05) is 47.3 Å². The maximum atomic E-state index is 4.48. The molecule has 1 aliphatic heterocycles. The average molecular weight is 425 g/mol. The zero-order valence-corrected chi connectivity index (χ0v) is 17.9. The first-order valence-electron chi connectivity index (χ1n) is 8.53. The van der Waals surface area contributed by atoms with Gasteiger partial charge in [0.1, 0.15) is 5.82 Å². The third-order valence-corrected chi connectivity index (χ3v) is 4.84. The Labute approximate surface area is 170 Å². The molecule has 0 saturated heterocycles. The van der Waals surface area contributed by atoms with E-state index in [0.29, 0.717) is 0 Å². The second-order valence-corrected chi connectivity index (χ2v) is 7.00. The molecule has 0 atom stereocenters. The molecule has 1 aromatic rings. The van der Waals surface area contributed by atoms with Crippen molar-refractivity contribution in [2.24, 2.45) is 9.98 Å². The zero-order chi connectivity index (χ0) is 20.0. The first kappa shape index (κ1) is 20.6. The number of rotatable bonds is 6. The lowest BCUT2D eigenvalue weighted by atomic mass is 10.0. The minimum absolute atomic E-state index is 0.795. The quantitative estimate of drug-likeness (QED) is 0.583. The highest BCUT2D eigenvalue weighted by Gasteiger charge is 2.18. The van der Waals surface area contributed by atoms with Crippen LogP contribution in [0.15, 0.2) is 93.0 Å². The van der Waals surface area contributed by atoms with Gasteiger partial charge < -0.3 is 9.80 Å². The van der Waals surface area contributed by atoms with Gasteiger partial charge in [0.05, 0.1) is 5.70 Å². The summed E-state index contributed by atoms with van der Waals surface area (Å²) in [5.41, 5.74) is 4.83. The number of halogens is 1. The van der Waals surface area contributed by atoms with Crippen LogP contribution < -0.4 is 0 Å². The van der Waals surface area contributed by atoms with Crippen LogP contribution in [0, 0.1) is 0 Å². The van der Waals surface area contributed by atoms with Crippen molar-refractivity contribution in [2.45, 2.75) is 6.92 Å². The summed E-state index contributed by atoms with van der Waals surface area (Å²) in [4.78, 5) is 12.7. The molecule has 0 radical (unpaired) electrons. The maximum Gasteiger partial charge on any atom is 0.141 e. The van der Waals surface area contributed by atoms with E-state index in [1.807, 2.05) is 54.5 Å². The number of benzene rings is 1. The van der Waals surface area contributed by atoms with Gasteiger partial charge in [0.25, 0.3) is 0 Å². The number of aliphatic imine (C=N–C) groups is 2. The van der Waals surface area contributed by atoms with Crippen molar-refractivity contribution in [2.75, 3.05) is 21.1 Å². The predicted molar refractivity (Wildman–Crippen MR) is 121 cm³/mol. The molecule has 2 rings (SSSR count). The minimum Gasteiger partial charge on any atom is -0.343 e. The molecule has 0 fully saturated rings. The molecule has 0 spiro atoms. The molecule has 1 aliphatic rings. The largest absolute Gasteiger partial charge is 0.343 e. The third kappa shape index (κ3) is 4.74. The molecule has 27 heavy (non-hydrogen) atoms. The highest BCUT2D eigenvalue weighted by atomic mass is 79.9. The lowest BCUT2D eigenvalue weighted by Crippen LogP contribution is -2.22. The first-order valence-corrected chi connectivity index (χ1v) is 9.32. The summed E-state index contributed by atoms with van der Waals surface area (Å²) >= 11 is 3.54. The van der Waals surface area contributed by atoms with Crippen molar-refractivity contribution in [1.29, 1.82) is 0 Å². The molecule has 0 aliphatic carbocycles. The van der Waals surface area contributed by atoms with Gasteiger partial charge in [0.15, 0.2) is 0 Å². The predicted octanol–water partition coefficient (Wildman–Crippen LogP) is 5.25. The SMILES string of the molecule is C=C/C(C(=C)N(C)/C(C=NC)=C(/C)c1cccc(Br)c1)=C1/N=CC=CN1C. The fourth-order valence-corrected chi connectivity index (χ4v) is 3.19. The van der Waals surface area contributed by atoms with E-state index in [1.54, 1.807) is 19.3 Å². The molecule has 0 aromatic heterocycles. The van der Waals surface area contributed by atoms with Crippen molar-refractivity contribution in [3.8, 4) is 0 Å². The van der Waals surface area contributed by atoms with Crippen LogP contribution in [-0.2, 0) is 0 Å². The Hall–Kier alpha value is -2.66. The van der Waals surface area contributed by atoms with E-state index in [1.165, 1.54) is 0 Å². The number of hydrogen-bond donors (Lipinski definition) is 0. The smallest absolute Gasteiger partial charge is 0.141 e. The summed E-state index contributed by atoms with van der Waals surface area (Å²) in [6, 6.07) is 8.20. The van der Waals surface area contributed by atoms with E-state index >= 15 is 0 Å². The molecule has 140 valence electrons. The summed E-state index contributed by atoms with van der Waals surface area (Å²) in [7, 11) is 5.70. The van der Waals surface area contributed by atoms with Crippen LogP contribution in [0.25, 0.3) is 5.57 Å². The van der Waals surface area contributed by atoms with Gasteiger partial charge in [-0.25, -0.2) is 4.99 Å². The van der Waals surface area contributed by atoms with Crippen LogP contribution in [0.4, 0.5) is 0 Å². The van der Waals surface area contributed by atoms with Crippen LogP contribution in [0.3, 0.4) is 0 Å². The molecule has 0 saturated carbocycles. The van der Waals surface area contributed by atoms with E-state index in [0.717, 1.165) is 38.4 Å². The van der Waals surface area contributed by atoms with Gasteiger partial charge in [-0.15, -0.1) is 0 Å². The van der Waals surface area contributed by atoms with Gasteiger partial charge in [-0.3, -0.25) is 4.99 Å². The summed E-state index contributed by atoms with van der Waals surface area (Å²) in [6.45, 7) is 10.3. The third-order valence-electron chi connectivity index (χ3n) is 4.34. The first-order chi connectivity index (χ1) is 12.9. The Kier molecular flexibility index (Phi) is 7.13. The van der Waals surface area contributed by atoms with Crippen molar-refractivity contribution in [3.05, 3.63) is 88.6 Å². The van der Waals surface area contributed by atoms with Crippen molar-refractivity contribution in [1.82, 2.24) is 9.80 Å². The number of likely N-dealkylation sites (N-methyl/N-ethyl adjacent to an activating group) is 1. The molecule has 0 N–H and O–H groups in total. The van der Waals surface area contributed by atoms with Crippen LogP contribution >= 0.6 is 15.9 Å². The van der Waals surface area contributed by atoms with Crippen molar-refractivity contribution >= 4 is 33.9 Å². The van der Waals surface area contributed by atoms with E-state index in [2.05, 4.69) is 58.1 Å². The Bertz CT molecular complexity index is 887. The summed E-state index contributed by atoms with van der Waals surface area (Å²) < 4.78 is 1.03. The summed E-state index contributed by atoms with van der Waals surface area (Å²) in [6.07, 6.45) is 9.25. The van der Waals surface area contributed by atoms with E-state index in [4.69, 9.17) is 0 Å². The minimum atomic E-state index is 0.795. The standard InChI is InChI=1S/C22H25BrN4/c1-7-20(22-25-12-9-13-26(22)5)17(3)27(6)21(15-24-4)16(2)18-10-8-11-19(23)14-18/h7-15H,1,3H2,2,4-6H3/b21-16-,22-20+,24-15?. The van der Waals surface area contributed by atoms with Gasteiger partial charge in [0.2, 0.25) is 0 Å². The maximum absolute atomic E-state index is 4.48. The zero-order valence-electron chi connectivity index (χ0n) is 16.3. The molecule has 1 aromatic carbocycles. The van der Waals surface area contributed by atoms with Gasteiger partial charge in [-0.05, 0) is 36.3 Å². The van der Waals surface area contributed by atoms with E-state index in [9.17, 15) is 0 Å². The van der Waals surface area contributed by atoms with Crippen LogP contribution in [0.1, 0.15) is 12.5 Å². The average Bonchev–Trinajstić information content (AvgIpc) is 2.67. The Balaban J connectivity index is 2.51. The fourth-order valence-electron chi connectivity index (χ4n) is 2.79. The van der Waals surface area contributed by atoms with Gasteiger partial charge >= 0.3 is 0 Å². The molecule has 5 heteroatoms. The van der Waals surface area contributed by atoms with Gasteiger partial charge in [0, 0.05) is 55.5 Å². The lowest BCUT2D eigenvalue weighted by Gasteiger charge is -2.28. The molecule has 1 heterocycles. The van der Waals surface area contributed by atoms with Crippen molar-refractivity contribution in [3.63, 3.8) is 0 Å². The van der Waals surface area contributed by atoms with E-state index in [-0.39, 0.29) is 0 Å². The second-order valence-electron chi connectivity index (χ2n) is 6.09. The molecule has 0 amide bonds. The highest BCUT2D eigenvalue weighted by Crippen LogP contribution is 2.28. The second kappa shape index (κ2) is 9.33.